The zero-order valence-corrected chi connectivity index (χ0v) is 14.1. The summed E-state index contributed by atoms with van der Waals surface area (Å²) in [4.78, 5) is 21.4. The van der Waals surface area contributed by atoms with Crippen LogP contribution in [0.4, 0.5) is 10.2 Å². The van der Waals surface area contributed by atoms with E-state index in [4.69, 9.17) is 4.74 Å². The van der Waals surface area contributed by atoms with E-state index in [9.17, 15) is 9.18 Å². The van der Waals surface area contributed by atoms with E-state index in [0.29, 0.717) is 36.5 Å². The van der Waals surface area contributed by atoms with Crippen LogP contribution in [-0.4, -0.2) is 41.6 Å². The minimum Gasteiger partial charge on any atom is -0.372 e. The molecule has 0 amide bonds. The molecule has 1 aliphatic rings. The smallest absolute Gasteiger partial charge is 0.230 e. The summed E-state index contributed by atoms with van der Waals surface area (Å²) in [5.74, 6) is 5.11. The van der Waals surface area contributed by atoms with E-state index < -0.39 is 5.95 Å². The van der Waals surface area contributed by atoms with Crippen LogP contribution >= 0.6 is 0 Å². The van der Waals surface area contributed by atoms with Gasteiger partial charge in [-0.25, -0.2) is 9.97 Å². The lowest BCUT2D eigenvalue weighted by Crippen LogP contribution is -2.46. The molecule has 2 aromatic rings. The Kier molecular flexibility index (Phi) is 5.05. The summed E-state index contributed by atoms with van der Waals surface area (Å²) in [7, 11) is 0. The number of hydrogen-bond acceptors (Lipinski definition) is 5. The molecule has 1 saturated heterocycles. The van der Waals surface area contributed by atoms with Crippen molar-refractivity contribution in [2.75, 3.05) is 18.0 Å². The van der Waals surface area contributed by atoms with Gasteiger partial charge in [0.2, 0.25) is 5.95 Å². The van der Waals surface area contributed by atoms with Crippen LogP contribution in [-0.2, 0) is 4.74 Å². The third kappa shape index (κ3) is 4.01. The monoisotopic (exact) mass is 339 g/mol. The summed E-state index contributed by atoms with van der Waals surface area (Å²) in [6.07, 6.45) is 2.26. The SMILES string of the molecule is C[C@@H]1CN(c2nc(F)c(C#Cc3ccccn3)cc2C=O)C[C@H](C)O1. The van der Waals surface area contributed by atoms with Gasteiger partial charge in [0.1, 0.15) is 11.5 Å². The van der Waals surface area contributed by atoms with E-state index in [1.54, 1.807) is 24.4 Å². The quantitative estimate of drug-likeness (QED) is 0.478. The Bertz CT molecular complexity index is 820. The van der Waals surface area contributed by atoms with Crippen LogP contribution < -0.4 is 4.90 Å². The summed E-state index contributed by atoms with van der Waals surface area (Å²) in [6.45, 7) is 4.98. The summed E-state index contributed by atoms with van der Waals surface area (Å²) < 4.78 is 20.1. The lowest BCUT2D eigenvalue weighted by molar-refractivity contribution is -0.00554. The number of carbonyl (C=O) groups is 1. The number of aromatic nitrogens is 2. The molecule has 0 unspecified atom stereocenters. The maximum absolute atomic E-state index is 14.4. The number of pyridine rings is 2. The first-order valence-electron chi connectivity index (χ1n) is 8.06. The first-order chi connectivity index (χ1) is 12.1. The molecular formula is C19H18FN3O2. The van der Waals surface area contributed by atoms with Crippen molar-refractivity contribution in [1.82, 2.24) is 9.97 Å². The fraction of sp³-hybridized carbons (Fsp3) is 0.316. The van der Waals surface area contributed by atoms with E-state index >= 15 is 0 Å². The average Bonchev–Trinajstić information content (AvgIpc) is 2.60. The average molecular weight is 339 g/mol. The molecule has 6 heteroatoms. The van der Waals surface area contributed by atoms with Gasteiger partial charge in [-0.15, -0.1) is 0 Å². The first kappa shape index (κ1) is 17.1. The second-order valence-electron chi connectivity index (χ2n) is 5.98. The van der Waals surface area contributed by atoms with Crippen molar-refractivity contribution >= 4 is 12.1 Å². The van der Waals surface area contributed by atoms with Gasteiger partial charge in [0, 0.05) is 19.3 Å². The molecule has 1 aliphatic heterocycles. The zero-order chi connectivity index (χ0) is 17.8. The fourth-order valence-corrected chi connectivity index (χ4v) is 2.84. The van der Waals surface area contributed by atoms with E-state index in [0.717, 1.165) is 0 Å². The molecule has 0 aliphatic carbocycles. The molecule has 2 aromatic heterocycles. The topological polar surface area (TPSA) is 55.3 Å². The predicted molar refractivity (Wildman–Crippen MR) is 92.0 cm³/mol. The van der Waals surface area contributed by atoms with E-state index in [1.807, 2.05) is 18.7 Å². The van der Waals surface area contributed by atoms with Crippen molar-refractivity contribution in [3.8, 4) is 11.8 Å². The largest absolute Gasteiger partial charge is 0.372 e. The third-order valence-corrected chi connectivity index (χ3v) is 3.82. The van der Waals surface area contributed by atoms with Gasteiger partial charge in [0.05, 0.1) is 23.3 Å². The molecule has 0 N–H and O–H groups in total. The molecule has 128 valence electrons. The molecule has 0 radical (unpaired) electrons. The minimum absolute atomic E-state index is 0.0169. The standard InChI is InChI=1S/C19H18FN3O2/c1-13-10-23(11-14(2)25-13)19-16(12-24)9-15(18(20)22-19)6-7-17-5-3-4-8-21-17/h3-5,8-9,12-14H,10-11H2,1-2H3/t13-,14+. The van der Waals surface area contributed by atoms with Crippen LogP contribution in [0.1, 0.15) is 35.5 Å². The number of hydrogen-bond donors (Lipinski definition) is 0. The van der Waals surface area contributed by atoms with Crippen molar-refractivity contribution < 1.29 is 13.9 Å². The lowest BCUT2D eigenvalue weighted by Gasteiger charge is -2.36. The highest BCUT2D eigenvalue weighted by molar-refractivity contribution is 5.83. The second-order valence-corrected chi connectivity index (χ2v) is 5.98. The van der Waals surface area contributed by atoms with Gasteiger partial charge in [-0.05, 0) is 38.0 Å². The molecule has 0 bridgehead atoms. The Morgan fingerprint density at radius 1 is 1.28 bits per heavy atom. The van der Waals surface area contributed by atoms with Crippen LogP contribution in [0.3, 0.4) is 0 Å². The summed E-state index contributed by atoms with van der Waals surface area (Å²) in [5.41, 5.74) is 0.910. The van der Waals surface area contributed by atoms with Crippen molar-refractivity contribution in [3.63, 3.8) is 0 Å². The van der Waals surface area contributed by atoms with Gasteiger partial charge in [0.15, 0.2) is 6.29 Å². The number of ether oxygens (including phenoxy) is 1. The summed E-state index contributed by atoms with van der Waals surface area (Å²) in [5, 5.41) is 0. The van der Waals surface area contributed by atoms with Crippen LogP contribution in [0.25, 0.3) is 0 Å². The van der Waals surface area contributed by atoms with Gasteiger partial charge < -0.3 is 9.64 Å². The molecule has 0 aromatic carbocycles. The summed E-state index contributed by atoms with van der Waals surface area (Å²) in [6, 6.07) is 6.73. The molecule has 25 heavy (non-hydrogen) atoms. The predicted octanol–water partition coefficient (Wildman–Crippen LogP) is 2.44. The number of halogens is 1. The van der Waals surface area contributed by atoms with Gasteiger partial charge in [0.25, 0.3) is 0 Å². The van der Waals surface area contributed by atoms with Gasteiger partial charge in [-0.2, -0.15) is 4.39 Å². The van der Waals surface area contributed by atoms with E-state index in [-0.39, 0.29) is 17.8 Å². The Balaban J connectivity index is 1.94. The Morgan fingerprint density at radius 2 is 2.04 bits per heavy atom. The second kappa shape index (κ2) is 7.41. The van der Waals surface area contributed by atoms with Crippen molar-refractivity contribution in [1.29, 1.82) is 0 Å². The first-order valence-corrected chi connectivity index (χ1v) is 8.06. The molecule has 3 heterocycles. The van der Waals surface area contributed by atoms with Crippen molar-refractivity contribution in [2.45, 2.75) is 26.1 Å². The molecule has 0 spiro atoms. The number of morpholine rings is 1. The Hall–Kier alpha value is -2.78. The maximum Gasteiger partial charge on any atom is 0.230 e. The Labute approximate surface area is 145 Å². The molecule has 5 nitrogen and oxygen atoms in total. The normalized spacial score (nSPS) is 19.9. The summed E-state index contributed by atoms with van der Waals surface area (Å²) >= 11 is 0. The van der Waals surface area contributed by atoms with Gasteiger partial charge in [-0.3, -0.25) is 4.79 Å². The Morgan fingerprint density at radius 3 is 2.68 bits per heavy atom. The van der Waals surface area contributed by atoms with Crippen LogP contribution in [0.15, 0.2) is 30.5 Å². The molecule has 3 rings (SSSR count). The number of carbonyl (C=O) groups excluding carboxylic acids is 1. The number of rotatable bonds is 2. The highest BCUT2D eigenvalue weighted by Gasteiger charge is 2.25. The zero-order valence-electron chi connectivity index (χ0n) is 14.1. The molecule has 0 saturated carbocycles. The third-order valence-electron chi connectivity index (χ3n) is 3.82. The molecular weight excluding hydrogens is 321 g/mol. The molecule has 2 atom stereocenters. The van der Waals surface area contributed by atoms with E-state index in [2.05, 4.69) is 21.8 Å². The van der Waals surface area contributed by atoms with Crippen LogP contribution in [0, 0.1) is 17.8 Å². The van der Waals surface area contributed by atoms with Crippen molar-refractivity contribution in [3.05, 3.63) is 53.2 Å². The number of anilines is 1. The number of aldehydes is 1. The minimum atomic E-state index is -0.698. The fourth-order valence-electron chi connectivity index (χ4n) is 2.84. The van der Waals surface area contributed by atoms with E-state index in [1.165, 1.54) is 6.07 Å². The lowest BCUT2D eigenvalue weighted by atomic mass is 10.1. The van der Waals surface area contributed by atoms with Crippen molar-refractivity contribution in [2.24, 2.45) is 0 Å². The maximum atomic E-state index is 14.4. The van der Waals surface area contributed by atoms with Crippen LogP contribution in [0.5, 0.6) is 0 Å². The molecule has 1 fully saturated rings. The van der Waals surface area contributed by atoms with Gasteiger partial charge >= 0.3 is 0 Å². The van der Waals surface area contributed by atoms with Gasteiger partial charge in [-0.1, -0.05) is 12.0 Å². The highest BCUT2D eigenvalue weighted by atomic mass is 19.1. The van der Waals surface area contributed by atoms with Crippen LogP contribution in [0.2, 0.25) is 0 Å². The highest BCUT2D eigenvalue weighted by Crippen LogP contribution is 2.23. The number of nitrogens with zero attached hydrogens (tertiary/aromatic N) is 3.